The molecule has 0 unspecified atom stereocenters. The van der Waals surface area contributed by atoms with Gasteiger partial charge in [-0.2, -0.15) is 0 Å². The SMILES string of the molecule is CCCCCCCCCCCS(=O)(=O)Nc1ccccc1C(=O)O. The van der Waals surface area contributed by atoms with Gasteiger partial charge < -0.3 is 5.11 Å². The molecule has 0 aliphatic heterocycles. The van der Waals surface area contributed by atoms with E-state index in [0.29, 0.717) is 6.42 Å². The third kappa shape index (κ3) is 8.34. The van der Waals surface area contributed by atoms with Crippen LogP contribution in [0.15, 0.2) is 24.3 Å². The number of hydrogen-bond donors (Lipinski definition) is 2. The first-order valence-electron chi connectivity index (χ1n) is 8.79. The zero-order chi connectivity index (χ0) is 17.8. The van der Waals surface area contributed by atoms with Gasteiger partial charge in [0.15, 0.2) is 0 Å². The van der Waals surface area contributed by atoms with Crippen LogP contribution >= 0.6 is 0 Å². The molecule has 0 atom stereocenters. The molecule has 0 saturated carbocycles. The first-order valence-corrected chi connectivity index (χ1v) is 10.4. The van der Waals surface area contributed by atoms with Crippen molar-refractivity contribution in [2.24, 2.45) is 0 Å². The van der Waals surface area contributed by atoms with Gasteiger partial charge in [0.2, 0.25) is 10.0 Å². The maximum absolute atomic E-state index is 12.1. The van der Waals surface area contributed by atoms with Crippen molar-refractivity contribution in [3.05, 3.63) is 29.8 Å². The first kappa shape index (κ1) is 20.5. The second-order valence-electron chi connectivity index (χ2n) is 6.10. The Morgan fingerprint density at radius 1 is 0.958 bits per heavy atom. The van der Waals surface area contributed by atoms with Crippen LogP contribution in [0.5, 0.6) is 0 Å². The van der Waals surface area contributed by atoms with Crippen LogP contribution in [-0.4, -0.2) is 25.2 Å². The average molecular weight is 356 g/mol. The lowest BCUT2D eigenvalue weighted by Gasteiger charge is -2.10. The molecule has 0 heterocycles. The predicted octanol–water partition coefficient (Wildman–Crippen LogP) is 4.66. The molecule has 0 radical (unpaired) electrons. The number of unbranched alkanes of at least 4 members (excludes halogenated alkanes) is 8. The standard InChI is InChI=1S/C18H29NO4S/c1-2-3-4-5-6-7-8-9-12-15-24(22,23)19-17-14-11-10-13-16(17)18(20)21/h10-11,13-14,19H,2-9,12,15H2,1H3,(H,20,21). The minimum Gasteiger partial charge on any atom is -0.478 e. The largest absolute Gasteiger partial charge is 0.478 e. The van der Waals surface area contributed by atoms with Crippen molar-refractivity contribution in [3.63, 3.8) is 0 Å². The number of carboxylic acids is 1. The van der Waals surface area contributed by atoms with Crippen molar-refractivity contribution in [1.29, 1.82) is 0 Å². The maximum Gasteiger partial charge on any atom is 0.337 e. The lowest BCUT2D eigenvalue weighted by atomic mass is 10.1. The number of rotatable bonds is 13. The summed E-state index contributed by atoms with van der Waals surface area (Å²) in [5.74, 6) is -1.12. The van der Waals surface area contributed by atoms with Crippen molar-refractivity contribution in [1.82, 2.24) is 0 Å². The topological polar surface area (TPSA) is 83.5 Å². The van der Waals surface area contributed by atoms with Gasteiger partial charge in [-0.05, 0) is 18.6 Å². The van der Waals surface area contributed by atoms with E-state index in [1.807, 2.05) is 0 Å². The number of nitrogens with one attached hydrogen (secondary N) is 1. The summed E-state index contributed by atoms with van der Waals surface area (Å²) in [6.07, 6.45) is 9.99. The molecule has 1 rings (SSSR count). The molecule has 0 amide bonds. The second kappa shape index (κ2) is 11.1. The summed E-state index contributed by atoms with van der Waals surface area (Å²) in [6, 6.07) is 6.04. The van der Waals surface area contributed by atoms with Crippen LogP contribution in [-0.2, 0) is 10.0 Å². The van der Waals surface area contributed by atoms with Gasteiger partial charge in [-0.3, -0.25) is 4.72 Å². The fraction of sp³-hybridized carbons (Fsp3) is 0.611. The second-order valence-corrected chi connectivity index (χ2v) is 7.94. The molecule has 0 fully saturated rings. The molecule has 136 valence electrons. The highest BCUT2D eigenvalue weighted by Gasteiger charge is 2.15. The molecule has 0 spiro atoms. The van der Waals surface area contributed by atoms with Crippen LogP contribution in [0.2, 0.25) is 0 Å². The van der Waals surface area contributed by atoms with Gasteiger partial charge in [0.25, 0.3) is 0 Å². The van der Waals surface area contributed by atoms with E-state index < -0.39 is 16.0 Å². The Hall–Kier alpha value is -1.56. The Balaban J connectivity index is 2.29. The molecule has 1 aromatic rings. The van der Waals surface area contributed by atoms with Gasteiger partial charge in [0.1, 0.15) is 0 Å². The van der Waals surface area contributed by atoms with Crippen molar-refractivity contribution >= 4 is 21.7 Å². The van der Waals surface area contributed by atoms with E-state index in [1.54, 1.807) is 12.1 Å². The molecule has 5 nitrogen and oxygen atoms in total. The van der Waals surface area contributed by atoms with E-state index in [0.717, 1.165) is 19.3 Å². The molecule has 0 aliphatic rings. The molecule has 0 aromatic heterocycles. The van der Waals surface area contributed by atoms with E-state index in [4.69, 9.17) is 5.11 Å². The third-order valence-corrected chi connectivity index (χ3v) is 5.30. The van der Waals surface area contributed by atoms with E-state index in [2.05, 4.69) is 11.6 Å². The summed E-state index contributed by atoms with van der Waals surface area (Å²) in [6.45, 7) is 2.20. The Morgan fingerprint density at radius 3 is 2.08 bits per heavy atom. The highest BCUT2D eigenvalue weighted by molar-refractivity contribution is 7.92. The van der Waals surface area contributed by atoms with Crippen molar-refractivity contribution < 1.29 is 18.3 Å². The summed E-state index contributed by atoms with van der Waals surface area (Å²) in [7, 11) is -3.51. The first-order chi connectivity index (χ1) is 11.5. The Kier molecular flexibility index (Phi) is 9.45. The number of aromatic carboxylic acids is 1. The fourth-order valence-corrected chi connectivity index (χ4v) is 3.78. The number of hydrogen-bond acceptors (Lipinski definition) is 3. The molecule has 1 aromatic carbocycles. The minimum absolute atomic E-state index is 0.0246. The summed E-state index contributed by atoms with van der Waals surface area (Å²) >= 11 is 0. The summed E-state index contributed by atoms with van der Waals surface area (Å²) in [4.78, 5) is 11.1. The van der Waals surface area contributed by atoms with Crippen LogP contribution in [0.1, 0.15) is 75.1 Å². The normalized spacial score (nSPS) is 11.4. The van der Waals surface area contributed by atoms with E-state index >= 15 is 0 Å². The Morgan fingerprint density at radius 2 is 1.50 bits per heavy atom. The monoisotopic (exact) mass is 355 g/mol. The van der Waals surface area contributed by atoms with Crippen LogP contribution in [0.3, 0.4) is 0 Å². The summed E-state index contributed by atoms with van der Waals surface area (Å²) < 4.78 is 26.5. The van der Waals surface area contributed by atoms with Crippen molar-refractivity contribution in [2.45, 2.75) is 64.7 Å². The number of para-hydroxylation sites is 1. The zero-order valence-corrected chi connectivity index (χ0v) is 15.3. The lowest BCUT2D eigenvalue weighted by Crippen LogP contribution is -2.18. The smallest absolute Gasteiger partial charge is 0.337 e. The third-order valence-electron chi connectivity index (χ3n) is 3.94. The molecule has 24 heavy (non-hydrogen) atoms. The number of carboxylic acid groups (broad SMARTS) is 1. The maximum atomic E-state index is 12.1. The van der Waals surface area contributed by atoms with Crippen molar-refractivity contribution in [2.75, 3.05) is 10.5 Å². The lowest BCUT2D eigenvalue weighted by molar-refractivity contribution is 0.0698. The summed E-state index contributed by atoms with van der Waals surface area (Å²) in [5, 5.41) is 9.08. The molecule has 0 bridgehead atoms. The molecular weight excluding hydrogens is 326 g/mol. The number of anilines is 1. The van der Waals surface area contributed by atoms with Gasteiger partial charge in [-0.1, -0.05) is 70.4 Å². The Labute approximate surface area is 145 Å². The zero-order valence-electron chi connectivity index (χ0n) is 14.5. The quantitative estimate of drug-likeness (QED) is 0.504. The van der Waals surface area contributed by atoms with Crippen LogP contribution in [0.4, 0.5) is 5.69 Å². The predicted molar refractivity (Wildman–Crippen MR) is 98.0 cm³/mol. The van der Waals surface area contributed by atoms with Gasteiger partial charge in [-0.15, -0.1) is 0 Å². The molecule has 2 N–H and O–H groups in total. The van der Waals surface area contributed by atoms with Crippen LogP contribution < -0.4 is 4.72 Å². The summed E-state index contributed by atoms with van der Waals surface area (Å²) in [5.41, 5.74) is 0.0917. The van der Waals surface area contributed by atoms with Gasteiger partial charge in [0.05, 0.1) is 17.0 Å². The van der Waals surface area contributed by atoms with Crippen molar-refractivity contribution in [3.8, 4) is 0 Å². The Bertz CT molecular complexity index is 599. The van der Waals surface area contributed by atoms with Gasteiger partial charge in [-0.25, -0.2) is 13.2 Å². The van der Waals surface area contributed by atoms with E-state index in [1.165, 1.54) is 44.2 Å². The highest BCUT2D eigenvalue weighted by Crippen LogP contribution is 2.17. The van der Waals surface area contributed by atoms with E-state index in [9.17, 15) is 13.2 Å². The number of carbonyl (C=O) groups is 1. The van der Waals surface area contributed by atoms with Gasteiger partial charge in [0, 0.05) is 0 Å². The average Bonchev–Trinajstić information content (AvgIpc) is 2.53. The van der Waals surface area contributed by atoms with Crippen LogP contribution in [0.25, 0.3) is 0 Å². The molecular formula is C18H29NO4S. The number of sulfonamides is 1. The fourth-order valence-electron chi connectivity index (χ4n) is 2.58. The van der Waals surface area contributed by atoms with Crippen LogP contribution in [0, 0.1) is 0 Å². The highest BCUT2D eigenvalue weighted by atomic mass is 32.2. The molecule has 0 aliphatic carbocycles. The van der Waals surface area contributed by atoms with Gasteiger partial charge >= 0.3 is 5.97 Å². The molecule has 6 heteroatoms. The van der Waals surface area contributed by atoms with E-state index in [-0.39, 0.29) is 17.0 Å². The number of benzene rings is 1. The minimum atomic E-state index is -3.51. The molecule has 0 saturated heterocycles.